The van der Waals surface area contributed by atoms with Crippen molar-refractivity contribution in [3.63, 3.8) is 0 Å². The van der Waals surface area contributed by atoms with Crippen LogP contribution < -0.4 is 5.32 Å². The number of allylic oxidation sites excluding steroid dienone is 4. The fraction of sp³-hybridized carbons (Fsp3) is 0.667. The van der Waals surface area contributed by atoms with Crippen molar-refractivity contribution in [1.82, 2.24) is 5.32 Å². The minimum Gasteiger partial charge on any atom is -0.400 e. The number of hydrogen-bond donors (Lipinski definition) is 1. The number of nitrogens with zero attached hydrogens (tertiary/aromatic N) is 1. The third kappa shape index (κ3) is 2.84. The van der Waals surface area contributed by atoms with Gasteiger partial charge in [-0.25, -0.2) is 4.99 Å². The summed E-state index contributed by atoms with van der Waals surface area (Å²) in [6, 6.07) is 0. The molecule has 2 aliphatic rings. The van der Waals surface area contributed by atoms with Crippen LogP contribution in [0, 0.1) is 5.92 Å². The van der Waals surface area contributed by atoms with Crippen LogP contribution in [0.4, 0.5) is 0 Å². The van der Waals surface area contributed by atoms with E-state index in [9.17, 15) is 0 Å². The van der Waals surface area contributed by atoms with Gasteiger partial charge in [-0.2, -0.15) is 0 Å². The second-order valence-electron chi connectivity index (χ2n) is 6.56. The van der Waals surface area contributed by atoms with Crippen molar-refractivity contribution >= 4 is 13.5 Å². The van der Waals surface area contributed by atoms with Gasteiger partial charge < -0.3 is 14.6 Å². The Morgan fingerprint density at radius 2 is 1.85 bits per heavy atom. The fourth-order valence-electron chi connectivity index (χ4n) is 2.39. The molecule has 0 aromatic rings. The third-order valence-electron chi connectivity index (χ3n) is 4.44. The molecule has 1 heterocycles. The molecule has 1 aliphatic heterocycles. The molecule has 0 aromatic heterocycles. The Kier molecular flexibility index (Phi) is 4.12. The van der Waals surface area contributed by atoms with Gasteiger partial charge >= 0.3 is 7.12 Å². The van der Waals surface area contributed by atoms with Gasteiger partial charge in [0, 0.05) is 12.7 Å². The number of rotatable bonds is 3. The molecule has 1 fully saturated rings. The van der Waals surface area contributed by atoms with Crippen molar-refractivity contribution in [2.24, 2.45) is 10.9 Å². The lowest BCUT2D eigenvalue weighted by Crippen LogP contribution is -2.41. The summed E-state index contributed by atoms with van der Waals surface area (Å²) >= 11 is 0. The summed E-state index contributed by atoms with van der Waals surface area (Å²) in [5, 5.41) is 2.92. The molecule has 5 heteroatoms. The molecule has 2 rings (SSSR count). The van der Waals surface area contributed by atoms with Crippen LogP contribution in [0.3, 0.4) is 0 Å². The Labute approximate surface area is 122 Å². The molecule has 1 unspecified atom stereocenters. The second-order valence-corrected chi connectivity index (χ2v) is 6.56. The molecule has 0 amide bonds. The summed E-state index contributed by atoms with van der Waals surface area (Å²) in [6.45, 7) is 10.5. The van der Waals surface area contributed by atoms with Gasteiger partial charge in [0.25, 0.3) is 0 Å². The monoisotopic (exact) mass is 276 g/mol. The molecular weight excluding hydrogens is 251 g/mol. The van der Waals surface area contributed by atoms with Gasteiger partial charge in [0.15, 0.2) is 0 Å². The lowest BCUT2D eigenvalue weighted by Gasteiger charge is -2.32. The first-order chi connectivity index (χ1) is 9.27. The van der Waals surface area contributed by atoms with Crippen LogP contribution in [-0.4, -0.2) is 31.7 Å². The van der Waals surface area contributed by atoms with Crippen molar-refractivity contribution in [1.29, 1.82) is 0 Å². The van der Waals surface area contributed by atoms with Gasteiger partial charge in [0.05, 0.1) is 17.5 Å². The van der Waals surface area contributed by atoms with Crippen molar-refractivity contribution in [3.8, 4) is 0 Å². The minimum atomic E-state index is -0.285. The van der Waals surface area contributed by atoms with E-state index in [0.717, 1.165) is 12.1 Å². The average Bonchev–Trinajstić information content (AvgIpc) is 2.55. The Bertz CT molecular complexity index is 450. The maximum Gasteiger partial charge on any atom is 0.490 e. The molecule has 0 bridgehead atoms. The predicted molar refractivity (Wildman–Crippen MR) is 83.6 cm³/mol. The maximum absolute atomic E-state index is 6.12. The molecule has 0 spiro atoms. The molecule has 20 heavy (non-hydrogen) atoms. The third-order valence-corrected chi connectivity index (χ3v) is 4.44. The van der Waals surface area contributed by atoms with Gasteiger partial charge in [-0.3, -0.25) is 0 Å². The summed E-state index contributed by atoms with van der Waals surface area (Å²) in [7, 11) is 1.60. The Morgan fingerprint density at radius 1 is 1.25 bits per heavy atom. The summed E-state index contributed by atoms with van der Waals surface area (Å²) in [5.74, 6) is 0.374. The van der Waals surface area contributed by atoms with E-state index in [0.29, 0.717) is 5.92 Å². The van der Waals surface area contributed by atoms with Gasteiger partial charge in [-0.05, 0) is 51.6 Å². The van der Waals surface area contributed by atoms with E-state index >= 15 is 0 Å². The Morgan fingerprint density at radius 3 is 2.35 bits per heavy atom. The van der Waals surface area contributed by atoms with Crippen LogP contribution in [0.25, 0.3) is 0 Å². The quantitative estimate of drug-likeness (QED) is 0.489. The van der Waals surface area contributed by atoms with Crippen molar-refractivity contribution in [2.45, 2.75) is 52.2 Å². The minimum absolute atomic E-state index is 0.249. The SMILES string of the molecule is CN/C=N\C1=CC=C(B2OC(C)(C)C(C)(C)O2)C(C)C1. The maximum atomic E-state index is 6.12. The van der Waals surface area contributed by atoms with Crippen molar-refractivity contribution < 1.29 is 9.31 Å². The molecular formula is C15H25BN2O2. The van der Waals surface area contributed by atoms with Gasteiger partial charge in [0.2, 0.25) is 0 Å². The first-order valence-corrected chi connectivity index (χ1v) is 7.23. The lowest BCUT2D eigenvalue weighted by molar-refractivity contribution is 0.00578. The summed E-state index contributed by atoms with van der Waals surface area (Å²) < 4.78 is 12.2. The van der Waals surface area contributed by atoms with E-state index in [1.165, 1.54) is 5.47 Å². The van der Waals surface area contributed by atoms with Crippen LogP contribution in [0.1, 0.15) is 41.0 Å². The fourth-order valence-corrected chi connectivity index (χ4v) is 2.39. The highest BCUT2D eigenvalue weighted by atomic mass is 16.7. The molecule has 1 atom stereocenters. The molecule has 1 N–H and O–H groups in total. The van der Waals surface area contributed by atoms with Crippen LogP contribution in [0.5, 0.6) is 0 Å². The largest absolute Gasteiger partial charge is 0.490 e. The zero-order chi connectivity index (χ0) is 15.0. The number of aliphatic imine (C=N–C) groups is 1. The number of hydrogen-bond acceptors (Lipinski definition) is 3. The zero-order valence-corrected chi connectivity index (χ0v) is 13.4. The molecule has 1 saturated heterocycles. The van der Waals surface area contributed by atoms with Gasteiger partial charge in [0.1, 0.15) is 0 Å². The predicted octanol–water partition coefficient (Wildman–Crippen LogP) is 2.72. The standard InChI is InChI=1S/C15H25BN2O2/c1-11-9-12(18-10-17-6)7-8-13(11)16-19-14(2,3)15(4,5)20-16/h7-8,10-11H,9H2,1-6H3,(H,17,18). The normalized spacial score (nSPS) is 28.5. The molecule has 110 valence electrons. The van der Waals surface area contributed by atoms with E-state index in [1.54, 1.807) is 6.34 Å². The van der Waals surface area contributed by atoms with E-state index in [2.05, 4.69) is 51.0 Å². The molecule has 4 nitrogen and oxygen atoms in total. The van der Waals surface area contributed by atoms with E-state index in [4.69, 9.17) is 9.31 Å². The summed E-state index contributed by atoms with van der Waals surface area (Å²) in [4.78, 5) is 4.37. The van der Waals surface area contributed by atoms with Crippen LogP contribution in [0.2, 0.25) is 0 Å². The molecule has 0 saturated carbocycles. The highest BCUT2D eigenvalue weighted by Crippen LogP contribution is 2.41. The van der Waals surface area contributed by atoms with E-state index < -0.39 is 0 Å². The van der Waals surface area contributed by atoms with Crippen LogP contribution in [0.15, 0.2) is 28.3 Å². The first-order valence-electron chi connectivity index (χ1n) is 7.23. The smallest absolute Gasteiger partial charge is 0.400 e. The highest BCUT2D eigenvalue weighted by Gasteiger charge is 2.53. The Balaban J connectivity index is 2.17. The highest BCUT2D eigenvalue weighted by molar-refractivity contribution is 6.54. The van der Waals surface area contributed by atoms with Gasteiger partial charge in [-0.15, -0.1) is 0 Å². The summed E-state index contributed by atoms with van der Waals surface area (Å²) in [6.07, 6.45) is 6.77. The molecule has 0 aromatic carbocycles. The topological polar surface area (TPSA) is 42.9 Å². The van der Waals surface area contributed by atoms with E-state index in [1.807, 2.05) is 13.1 Å². The molecule has 0 radical (unpaired) electrons. The van der Waals surface area contributed by atoms with E-state index in [-0.39, 0.29) is 18.3 Å². The number of nitrogens with one attached hydrogen (secondary N) is 1. The van der Waals surface area contributed by atoms with Gasteiger partial charge in [-0.1, -0.05) is 13.0 Å². The van der Waals surface area contributed by atoms with Crippen molar-refractivity contribution in [2.75, 3.05) is 7.05 Å². The average molecular weight is 276 g/mol. The van der Waals surface area contributed by atoms with Crippen LogP contribution in [-0.2, 0) is 9.31 Å². The lowest BCUT2D eigenvalue weighted by atomic mass is 9.68. The Hall–Kier alpha value is -1.07. The molecule has 1 aliphatic carbocycles. The summed E-state index contributed by atoms with van der Waals surface area (Å²) in [5.41, 5.74) is 1.71. The zero-order valence-electron chi connectivity index (χ0n) is 13.4. The van der Waals surface area contributed by atoms with Crippen LogP contribution >= 0.6 is 0 Å². The second kappa shape index (κ2) is 5.37. The first kappa shape index (κ1) is 15.3. The van der Waals surface area contributed by atoms with Crippen molar-refractivity contribution in [3.05, 3.63) is 23.3 Å².